The lowest BCUT2D eigenvalue weighted by atomic mass is 9.98. The molecule has 4 heteroatoms. The van der Waals surface area contributed by atoms with Crippen LogP contribution in [0.5, 0.6) is 11.5 Å². The lowest BCUT2D eigenvalue weighted by Crippen LogP contribution is -2.17. The standard InChI is InChI=1S/C17H20N2O2/c1-11-3-2-4-13(11)9-19-17-14-8-16-15(20-10-21-16)7-12(14)5-6-18-17/h5-8,11,13H,2-4,9-10H2,1H3,(H,18,19). The van der Waals surface area contributed by atoms with Gasteiger partial charge in [-0.2, -0.15) is 0 Å². The molecular weight excluding hydrogens is 264 g/mol. The predicted molar refractivity (Wildman–Crippen MR) is 82.9 cm³/mol. The molecule has 2 unspecified atom stereocenters. The zero-order valence-electron chi connectivity index (χ0n) is 12.3. The van der Waals surface area contributed by atoms with Crippen LogP contribution in [0.15, 0.2) is 24.4 Å². The second kappa shape index (κ2) is 5.10. The number of benzene rings is 1. The summed E-state index contributed by atoms with van der Waals surface area (Å²) in [5.41, 5.74) is 0. The van der Waals surface area contributed by atoms with Gasteiger partial charge in [0.15, 0.2) is 11.5 Å². The molecule has 2 aromatic rings. The van der Waals surface area contributed by atoms with Crippen LogP contribution in [-0.4, -0.2) is 18.3 Å². The third kappa shape index (κ3) is 2.28. The van der Waals surface area contributed by atoms with Gasteiger partial charge >= 0.3 is 0 Å². The average molecular weight is 284 g/mol. The Morgan fingerprint density at radius 1 is 1.24 bits per heavy atom. The summed E-state index contributed by atoms with van der Waals surface area (Å²) in [5.74, 6) is 4.16. The fourth-order valence-corrected chi connectivity index (χ4v) is 3.46. The Morgan fingerprint density at radius 3 is 2.90 bits per heavy atom. The van der Waals surface area contributed by atoms with E-state index in [2.05, 4.69) is 17.2 Å². The number of hydrogen-bond donors (Lipinski definition) is 1. The van der Waals surface area contributed by atoms with E-state index in [0.29, 0.717) is 6.79 Å². The first-order valence-electron chi connectivity index (χ1n) is 7.73. The van der Waals surface area contributed by atoms with E-state index in [9.17, 15) is 0 Å². The molecule has 0 saturated heterocycles. The van der Waals surface area contributed by atoms with Gasteiger partial charge in [-0.3, -0.25) is 0 Å². The molecule has 2 aliphatic rings. The number of ether oxygens (including phenoxy) is 2. The fourth-order valence-electron chi connectivity index (χ4n) is 3.46. The van der Waals surface area contributed by atoms with Gasteiger partial charge in [0.1, 0.15) is 5.82 Å². The lowest BCUT2D eigenvalue weighted by molar-refractivity contribution is 0.174. The summed E-state index contributed by atoms with van der Waals surface area (Å²) in [7, 11) is 0. The molecule has 4 rings (SSSR count). The van der Waals surface area contributed by atoms with E-state index in [0.717, 1.165) is 46.5 Å². The molecule has 4 nitrogen and oxygen atoms in total. The highest BCUT2D eigenvalue weighted by Crippen LogP contribution is 2.38. The van der Waals surface area contributed by atoms with Crippen LogP contribution in [0.2, 0.25) is 0 Å². The molecule has 0 bridgehead atoms. The Kier molecular flexibility index (Phi) is 3.09. The second-order valence-electron chi connectivity index (χ2n) is 6.14. The summed E-state index contributed by atoms with van der Waals surface area (Å²) in [6, 6.07) is 6.08. The Balaban J connectivity index is 1.62. The Hall–Kier alpha value is -1.97. The number of pyridine rings is 1. The van der Waals surface area contributed by atoms with Crippen LogP contribution >= 0.6 is 0 Å². The first-order chi connectivity index (χ1) is 10.3. The van der Waals surface area contributed by atoms with Crippen molar-refractivity contribution in [3.05, 3.63) is 24.4 Å². The van der Waals surface area contributed by atoms with Crippen molar-refractivity contribution in [3.63, 3.8) is 0 Å². The molecule has 0 radical (unpaired) electrons. The number of nitrogens with one attached hydrogen (secondary N) is 1. The van der Waals surface area contributed by atoms with Gasteiger partial charge in [-0.05, 0) is 41.8 Å². The van der Waals surface area contributed by atoms with Crippen molar-refractivity contribution in [2.75, 3.05) is 18.7 Å². The summed E-state index contributed by atoms with van der Waals surface area (Å²) in [5, 5.41) is 5.78. The molecule has 1 aromatic heterocycles. The van der Waals surface area contributed by atoms with Gasteiger partial charge in [-0.25, -0.2) is 4.98 Å². The van der Waals surface area contributed by atoms with E-state index in [1.54, 1.807) is 0 Å². The molecule has 1 N–H and O–H groups in total. The van der Waals surface area contributed by atoms with Crippen molar-refractivity contribution >= 4 is 16.6 Å². The molecule has 1 aliphatic heterocycles. The normalized spacial score (nSPS) is 23.7. The van der Waals surface area contributed by atoms with E-state index in [1.165, 1.54) is 19.3 Å². The van der Waals surface area contributed by atoms with Crippen LogP contribution in [0, 0.1) is 11.8 Å². The molecular formula is C17H20N2O2. The van der Waals surface area contributed by atoms with Crippen molar-refractivity contribution in [2.45, 2.75) is 26.2 Å². The topological polar surface area (TPSA) is 43.4 Å². The van der Waals surface area contributed by atoms with Crippen LogP contribution in [0.3, 0.4) is 0 Å². The molecule has 0 amide bonds. The van der Waals surface area contributed by atoms with Crippen molar-refractivity contribution in [2.24, 2.45) is 11.8 Å². The van der Waals surface area contributed by atoms with E-state index in [-0.39, 0.29) is 0 Å². The van der Waals surface area contributed by atoms with Crippen LogP contribution < -0.4 is 14.8 Å². The van der Waals surface area contributed by atoms with E-state index in [1.807, 2.05) is 24.4 Å². The maximum Gasteiger partial charge on any atom is 0.231 e. The number of aromatic nitrogens is 1. The van der Waals surface area contributed by atoms with E-state index < -0.39 is 0 Å². The highest BCUT2D eigenvalue weighted by molar-refractivity contribution is 5.94. The first kappa shape index (κ1) is 12.7. The molecule has 1 fully saturated rings. The molecule has 1 aliphatic carbocycles. The monoisotopic (exact) mass is 284 g/mol. The van der Waals surface area contributed by atoms with Gasteiger partial charge in [0, 0.05) is 18.1 Å². The maximum absolute atomic E-state index is 5.48. The molecule has 21 heavy (non-hydrogen) atoms. The lowest BCUT2D eigenvalue weighted by Gasteiger charge is -2.17. The molecule has 1 saturated carbocycles. The van der Waals surface area contributed by atoms with Crippen molar-refractivity contribution in [1.29, 1.82) is 0 Å². The van der Waals surface area contributed by atoms with Gasteiger partial charge in [0.05, 0.1) is 0 Å². The van der Waals surface area contributed by atoms with Gasteiger partial charge in [0.2, 0.25) is 6.79 Å². The van der Waals surface area contributed by atoms with Crippen LogP contribution in [0.1, 0.15) is 26.2 Å². The Bertz CT molecular complexity index is 671. The SMILES string of the molecule is CC1CCCC1CNc1nccc2cc3c(cc12)OCO3. The van der Waals surface area contributed by atoms with Crippen LogP contribution in [0.25, 0.3) is 10.8 Å². The predicted octanol–water partition coefficient (Wildman–Crippen LogP) is 3.81. The van der Waals surface area contributed by atoms with Crippen molar-refractivity contribution < 1.29 is 9.47 Å². The van der Waals surface area contributed by atoms with Gasteiger partial charge < -0.3 is 14.8 Å². The third-order valence-corrected chi connectivity index (χ3v) is 4.83. The first-order valence-corrected chi connectivity index (χ1v) is 7.73. The number of rotatable bonds is 3. The molecule has 2 heterocycles. The molecule has 110 valence electrons. The van der Waals surface area contributed by atoms with Crippen molar-refractivity contribution in [1.82, 2.24) is 4.98 Å². The number of hydrogen-bond acceptors (Lipinski definition) is 4. The minimum atomic E-state index is 0.307. The molecule has 0 spiro atoms. The van der Waals surface area contributed by atoms with Crippen molar-refractivity contribution in [3.8, 4) is 11.5 Å². The largest absolute Gasteiger partial charge is 0.454 e. The van der Waals surface area contributed by atoms with Gasteiger partial charge in [0.25, 0.3) is 0 Å². The second-order valence-corrected chi connectivity index (χ2v) is 6.14. The summed E-state index contributed by atoms with van der Waals surface area (Å²) in [4.78, 5) is 4.51. The third-order valence-electron chi connectivity index (χ3n) is 4.83. The summed E-state index contributed by atoms with van der Waals surface area (Å²) >= 11 is 0. The summed E-state index contributed by atoms with van der Waals surface area (Å²) in [6.45, 7) is 3.66. The van der Waals surface area contributed by atoms with E-state index >= 15 is 0 Å². The van der Waals surface area contributed by atoms with Crippen LogP contribution in [0.4, 0.5) is 5.82 Å². The molecule has 2 atom stereocenters. The summed E-state index contributed by atoms with van der Waals surface area (Å²) in [6.07, 6.45) is 5.89. The minimum absolute atomic E-state index is 0.307. The van der Waals surface area contributed by atoms with Gasteiger partial charge in [-0.1, -0.05) is 19.8 Å². The number of fused-ring (bicyclic) bond motifs is 2. The average Bonchev–Trinajstić information content (AvgIpc) is 3.11. The highest BCUT2D eigenvalue weighted by atomic mass is 16.7. The number of anilines is 1. The van der Waals surface area contributed by atoms with Gasteiger partial charge in [-0.15, -0.1) is 0 Å². The number of nitrogens with zero attached hydrogens (tertiary/aromatic N) is 1. The summed E-state index contributed by atoms with van der Waals surface area (Å²) < 4.78 is 10.9. The zero-order valence-corrected chi connectivity index (χ0v) is 12.3. The highest BCUT2D eigenvalue weighted by Gasteiger charge is 2.23. The quantitative estimate of drug-likeness (QED) is 0.930. The van der Waals surface area contributed by atoms with Crippen LogP contribution in [-0.2, 0) is 0 Å². The maximum atomic E-state index is 5.48. The zero-order chi connectivity index (χ0) is 14.2. The Labute approximate surface area is 124 Å². The fraction of sp³-hybridized carbons (Fsp3) is 0.471. The smallest absolute Gasteiger partial charge is 0.231 e. The Morgan fingerprint density at radius 2 is 2.10 bits per heavy atom. The molecule has 1 aromatic carbocycles. The van der Waals surface area contributed by atoms with E-state index in [4.69, 9.17) is 9.47 Å². The minimum Gasteiger partial charge on any atom is -0.454 e.